The van der Waals surface area contributed by atoms with Gasteiger partial charge in [-0.1, -0.05) is 35.9 Å². The van der Waals surface area contributed by atoms with Crippen LogP contribution in [0.15, 0.2) is 58.1 Å². The number of amides is 1. The molecule has 0 aliphatic carbocycles. The van der Waals surface area contributed by atoms with Gasteiger partial charge >= 0.3 is 5.69 Å². The van der Waals surface area contributed by atoms with Gasteiger partial charge in [0.2, 0.25) is 5.91 Å². The van der Waals surface area contributed by atoms with E-state index in [4.69, 9.17) is 11.6 Å². The largest absolute Gasteiger partial charge is 0.352 e. The lowest BCUT2D eigenvalue weighted by molar-refractivity contribution is -0.121. The third-order valence-electron chi connectivity index (χ3n) is 4.08. The van der Waals surface area contributed by atoms with Gasteiger partial charge in [-0.2, -0.15) is 0 Å². The van der Waals surface area contributed by atoms with Crippen LogP contribution in [0.5, 0.6) is 0 Å². The lowest BCUT2D eigenvalue weighted by Gasteiger charge is -2.07. The number of aromatic nitrogens is 2. The molecular weight excluding hydrogens is 354 g/mol. The van der Waals surface area contributed by atoms with Crippen molar-refractivity contribution in [3.63, 3.8) is 0 Å². The van der Waals surface area contributed by atoms with Gasteiger partial charge in [-0.15, -0.1) is 0 Å². The van der Waals surface area contributed by atoms with Crippen LogP contribution in [0.25, 0.3) is 10.9 Å². The number of hydrogen-bond donors (Lipinski definition) is 2. The molecule has 6 nitrogen and oxygen atoms in total. The number of hydrogen-bond acceptors (Lipinski definition) is 3. The predicted octanol–water partition coefficient (Wildman–Crippen LogP) is 2.44. The van der Waals surface area contributed by atoms with Crippen LogP contribution in [0.2, 0.25) is 5.02 Å². The van der Waals surface area contributed by atoms with Crippen molar-refractivity contribution < 1.29 is 4.79 Å². The highest BCUT2D eigenvalue weighted by molar-refractivity contribution is 6.30. The summed E-state index contributed by atoms with van der Waals surface area (Å²) in [6, 6.07) is 14.1. The van der Waals surface area contributed by atoms with Crippen LogP contribution in [0, 0.1) is 0 Å². The Kier molecular flexibility index (Phi) is 5.53. The van der Waals surface area contributed by atoms with Crippen molar-refractivity contribution in [1.29, 1.82) is 0 Å². The van der Waals surface area contributed by atoms with Gasteiger partial charge in [0.25, 0.3) is 5.56 Å². The van der Waals surface area contributed by atoms with E-state index < -0.39 is 5.69 Å². The third-order valence-corrected chi connectivity index (χ3v) is 4.33. The van der Waals surface area contributed by atoms with Gasteiger partial charge in [0.05, 0.1) is 10.9 Å². The van der Waals surface area contributed by atoms with E-state index in [1.54, 1.807) is 36.4 Å². The van der Waals surface area contributed by atoms with Gasteiger partial charge in [-0.05, 0) is 36.2 Å². The van der Waals surface area contributed by atoms with Crippen LogP contribution >= 0.6 is 11.6 Å². The number of carbonyl (C=O) groups is 1. The van der Waals surface area contributed by atoms with Crippen LogP contribution in [-0.4, -0.2) is 15.5 Å². The van der Waals surface area contributed by atoms with Crippen LogP contribution in [0.1, 0.15) is 18.4 Å². The van der Waals surface area contributed by atoms with E-state index in [0.29, 0.717) is 28.9 Å². The summed E-state index contributed by atoms with van der Waals surface area (Å²) in [4.78, 5) is 39.1. The average Bonchev–Trinajstić information content (AvgIpc) is 2.64. The van der Waals surface area contributed by atoms with E-state index in [1.165, 1.54) is 0 Å². The van der Waals surface area contributed by atoms with E-state index in [0.717, 1.165) is 10.1 Å². The standard InChI is InChI=1S/C19H18ClN3O3/c20-14-9-7-13(8-10-14)12-21-17(24)6-3-11-23-18(25)15-4-1-2-5-16(15)22-19(23)26/h1-2,4-5,7-10H,3,6,11-12H2,(H,21,24)(H,22,26). The normalized spacial score (nSPS) is 10.8. The first-order chi connectivity index (χ1) is 12.5. The molecule has 0 atom stereocenters. The minimum absolute atomic E-state index is 0.134. The summed E-state index contributed by atoms with van der Waals surface area (Å²) in [7, 11) is 0. The fraction of sp³-hybridized carbons (Fsp3) is 0.211. The van der Waals surface area contributed by atoms with Gasteiger partial charge < -0.3 is 10.3 Å². The lowest BCUT2D eigenvalue weighted by atomic mass is 10.2. The maximum Gasteiger partial charge on any atom is 0.328 e. The number of benzene rings is 2. The molecule has 1 amide bonds. The molecule has 3 aromatic rings. The highest BCUT2D eigenvalue weighted by atomic mass is 35.5. The first kappa shape index (κ1) is 17.9. The summed E-state index contributed by atoms with van der Waals surface area (Å²) < 4.78 is 1.13. The molecule has 26 heavy (non-hydrogen) atoms. The molecule has 0 saturated carbocycles. The molecule has 0 spiro atoms. The van der Waals surface area contributed by atoms with Crippen molar-refractivity contribution in [1.82, 2.24) is 14.9 Å². The summed E-state index contributed by atoms with van der Waals surface area (Å²) in [6.07, 6.45) is 0.625. The predicted molar refractivity (Wildman–Crippen MR) is 101 cm³/mol. The molecular formula is C19H18ClN3O3. The van der Waals surface area contributed by atoms with Gasteiger partial charge in [-0.3, -0.25) is 14.2 Å². The first-order valence-corrected chi connectivity index (χ1v) is 8.65. The zero-order chi connectivity index (χ0) is 18.5. The van der Waals surface area contributed by atoms with E-state index in [2.05, 4.69) is 10.3 Å². The molecule has 0 radical (unpaired) electrons. The molecule has 0 aliphatic heterocycles. The number of para-hydroxylation sites is 1. The quantitative estimate of drug-likeness (QED) is 0.698. The van der Waals surface area contributed by atoms with Crippen molar-refractivity contribution in [2.45, 2.75) is 25.9 Å². The Morgan fingerprint density at radius 3 is 2.58 bits per heavy atom. The summed E-state index contributed by atoms with van der Waals surface area (Å²) in [5, 5.41) is 3.91. The van der Waals surface area contributed by atoms with Crippen LogP contribution < -0.4 is 16.6 Å². The van der Waals surface area contributed by atoms with E-state index >= 15 is 0 Å². The van der Waals surface area contributed by atoms with Crippen LogP contribution in [0.3, 0.4) is 0 Å². The van der Waals surface area contributed by atoms with Crippen molar-refractivity contribution >= 4 is 28.4 Å². The van der Waals surface area contributed by atoms with Gasteiger partial charge in [0.1, 0.15) is 0 Å². The Bertz CT molecular complexity index is 1040. The molecule has 0 unspecified atom stereocenters. The Hall–Kier alpha value is -2.86. The van der Waals surface area contributed by atoms with Crippen molar-refractivity contribution in [2.75, 3.05) is 0 Å². The summed E-state index contributed by atoms with van der Waals surface area (Å²) in [5.41, 5.74) is 0.658. The van der Waals surface area contributed by atoms with E-state index in [-0.39, 0.29) is 24.4 Å². The number of halogens is 1. The maximum absolute atomic E-state index is 12.4. The van der Waals surface area contributed by atoms with Gasteiger partial charge in [-0.25, -0.2) is 4.79 Å². The second-order valence-corrected chi connectivity index (χ2v) is 6.38. The highest BCUT2D eigenvalue weighted by Crippen LogP contribution is 2.09. The van der Waals surface area contributed by atoms with Crippen LogP contribution in [-0.2, 0) is 17.9 Å². The second kappa shape index (κ2) is 8.01. The molecule has 1 heterocycles. The molecule has 0 bridgehead atoms. The monoisotopic (exact) mass is 371 g/mol. The van der Waals surface area contributed by atoms with Crippen molar-refractivity contribution in [3.8, 4) is 0 Å². The van der Waals surface area contributed by atoms with Crippen LogP contribution in [0.4, 0.5) is 0 Å². The average molecular weight is 372 g/mol. The van der Waals surface area contributed by atoms with Gasteiger partial charge in [0.15, 0.2) is 0 Å². The Balaban J connectivity index is 1.57. The summed E-state index contributed by atoms with van der Waals surface area (Å²) >= 11 is 5.82. The number of H-pyrrole nitrogens is 1. The highest BCUT2D eigenvalue weighted by Gasteiger charge is 2.08. The molecule has 2 aromatic carbocycles. The minimum atomic E-state index is -0.463. The fourth-order valence-corrected chi connectivity index (χ4v) is 2.82. The summed E-state index contributed by atoms with van der Waals surface area (Å²) in [6.45, 7) is 0.597. The Morgan fingerprint density at radius 2 is 1.81 bits per heavy atom. The number of nitrogens with zero attached hydrogens (tertiary/aromatic N) is 1. The maximum atomic E-state index is 12.4. The lowest BCUT2D eigenvalue weighted by Crippen LogP contribution is -2.35. The fourth-order valence-electron chi connectivity index (χ4n) is 2.69. The molecule has 0 aliphatic rings. The summed E-state index contributed by atoms with van der Waals surface area (Å²) in [5.74, 6) is -0.134. The first-order valence-electron chi connectivity index (χ1n) is 8.27. The minimum Gasteiger partial charge on any atom is -0.352 e. The molecule has 0 saturated heterocycles. The molecule has 7 heteroatoms. The third kappa shape index (κ3) is 4.21. The topological polar surface area (TPSA) is 84.0 Å². The number of rotatable bonds is 6. The number of nitrogens with one attached hydrogen (secondary N) is 2. The molecule has 1 aromatic heterocycles. The van der Waals surface area contributed by atoms with Crippen molar-refractivity contribution in [2.24, 2.45) is 0 Å². The van der Waals surface area contributed by atoms with Crippen molar-refractivity contribution in [3.05, 3.63) is 80.0 Å². The zero-order valence-corrected chi connectivity index (χ0v) is 14.8. The number of aromatic amines is 1. The zero-order valence-electron chi connectivity index (χ0n) is 14.0. The van der Waals surface area contributed by atoms with E-state index in [1.807, 2.05) is 12.1 Å². The number of carbonyl (C=O) groups excluding carboxylic acids is 1. The molecule has 134 valence electrons. The Labute approximate surface area is 154 Å². The second-order valence-electron chi connectivity index (χ2n) is 5.94. The Morgan fingerprint density at radius 1 is 1.08 bits per heavy atom. The molecule has 0 fully saturated rings. The molecule has 2 N–H and O–H groups in total. The number of fused-ring (bicyclic) bond motifs is 1. The van der Waals surface area contributed by atoms with Gasteiger partial charge in [0, 0.05) is 24.5 Å². The smallest absolute Gasteiger partial charge is 0.328 e. The SMILES string of the molecule is O=C(CCCn1c(=O)[nH]c2ccccc2c1=O)NCc1ccc(Cl)cc1. The molecule has 3 rings (SSSR count). The van der Waals surface area contributed by atoms with E-state index in [9.17, 15) is 14.4 Å².